The topological polar surface area (TPSA) is 56.6 Å². The van der Waals surface area contributed by atoms with Crippen molar-refractivity contribution in [3.05, 3.63) is 95.8 Å². The number of nitrogens with zero attached hydrogens (tertiary/aromatic N) is 3. The molecule has 4 aromatic rings. The highest BCUT2D eigenvalue weighted by atomic mass is 16.5. The number of hydrogen-bond donors (Lipinski definition) is 0. The third-order valence-electron chi connectivity index (χ3n) is 7.53. The summed E-state index contributed by atoms with van der Waals surface area (Å²) >= 11 is 0. The van der Waals surface area contributed by atoms with Crippen LogP contribution in [-0.4, -0.2) is 35.7 Å². The normalized spacial score (nSPS) is 15.2. The second-order valence-electron chi connectivity index (χ2n) is 10.3. The van der Waals surface area contributed by atoms with Crippen LogP contribution < -0.4 is 14.4 Å². The van der Waals surface area contributed by atoms with Crippen molar-refractivity contribution in [3.8, 4) is 11.5 Å². The summed E-state index contributed by atoms with van der Waals surface area (Å²) in [6.45, 7) is 10.0. The fourth-order valence-electron chi connectivity index (χ4n) is 5.65. The Bertz CT molecular complexity index is 1470. The average molecular weight is 524 g/mol. The van der Waals surface area contributed by atoms with E-state index in [1.165, 1.54) is 0 Å². The number of amides is 1. The molecule has 6 heteroatoms. The van der Waals surface area contributed by atoms with E-state index in [4.69, 9.17) is 14.5 Å². The Morgan fingerprint density at radius 3 is 2.59 bits per heavy atom. The molecular formula is C33H37N3O3. The highest BCUT2D eigenvalue weighted by molar-refractivity contribution is 5.98. The van der Waals surface area contributed by atoms with E-state index >= 15 is 0 Å². The Morgan fingerprint density at radius 1 is 1.03 bits per heavy atom. The first-order chi connectivity index (χ1) is 19.0. The number of benzene rings is 3. The van der Waals surface area contributed by atoms with Gasteiger partial charge in [-0.15, -0.1) is 6.58 Å². The first-order valence-corrected chi connectivity index (χ1v) is 13.7. The molecule has 1 fully saturated rings. The van der Waals surface area contributed by atoms with Gasteiger partial charge in [0.25, 0.3) is 0 Å². The fourth-order valence-corrected chi connectivity index (χ4v) is 5.65. The van der Waals surface area contributed by atoms with Gasteiger partial charge in [0.05, 0.1) is 24.8 Å². The van der Waals surface area contributed by atoms with Gasteiger partial charge in [-0.1, -0.05) is 42.5 Å². The van der Waals surface area contributed by atoms with Crippen molar-refractivity contribution in [2.75, 3.05) is 25.2 Å². The number of aromatic nitrogens is 2. The number of carbonyl (C=O) groups excluding carboxylic acids is 1. The first-order valence-electron chi connectivity index (χ1n) is 13.7. The molecule has 0 radical (unpaired) electrons. The minimum atomic E-state index is 0.0542. The van der Waals surface area contributed by atoms with Crippen LogP contribution in [0.5, 0.6) is 11.5 Å². The Balaban J connectivity index is 1.28. The van der Waals surface area contributed by atoms with Gasteiger partial charge < -0.3 is 18.9 Å². The van der Waals surface area contributed by atoms with E-state index in [1.54, 1.807) is 7.11 Å². The third-order valence-corrected chi connectivity index (χ3v) is 7.53. The summed E-state index contributed by atoms with van der Waals surface area (Å²) in [5.74, 6) is 2.72. The maximum Gasteiger partial charge on any atom is 0.227 e. The van der Waals surface area contributed by atoms with Crippen molar-refractivity contribution >= 4 is 22.6 Å². The van der Waals surface area contributed by atoms with E-state index < -0.39 is 0 Å². The minimum Gasteiger partial charge on any atom is -0.493 e. The molecule has 1 unspecified atom stereocenters. The summed E-state index contributed by atoms with van der Waals surface area (Å²) in [6, 6.07) is 20.5. The highest BCUT2D eigenvalue weighted by Crippen LogP contribution is 2.36. The maximum absolute atomic E-state index is 13.2. The van der Waals surface area contributed by atoms with E-state index in [9.17, 15) is 4.79 Å². The van der Waals surface area contributed by atoms with E-state index in [0.29, 0.717) is 19.6 Å². The molecule has 0 bridgehead atoms. The van der Waals surface area contributed by atoms with Crippen LogP contribution >= 0.6 is 0 Å². The van der Waals surface area contributed by atoms with Gasteiger partial charge in [0.1, 0.15) is 5.82 Å². The molecule has 202 valence electrons. The molecule has 1 aromatic heterocycles. The Hall–Kier alpha value is -4.06. The van der Waals surface area contributed by atoms with Gasteiger partial charge in [-0.25, -0.2) is 4.98 Å². The van der Waals surface area contributed by atoms with Gasteiger partial charge >= 0.3 is 0 Å². The Kier molecular flexibility index (Phi) is 8.01. The van der Waals surface area contributed by atoms with Crippen molar-refractivity contribution in [2.24, 2.45) is 0 Å². The SMILES string of the molecule is C=CCc1ccc(OCCCCn2c(C3CC(=O)N(c4c(C)cccc4C)C3)nc3ccccc32)c(OC)c1. The minimum absolute atomic E-state index is 0.0542. The van der Waals surface area contributed by atoms with Gasteiger partial charge in [0, 0.05) is 31.1 Å². The molecule has 0 N–H and O–H groups in total. The van der Waals surface area contributed by atoms with Crippen molar-refractivity contribution in [2.45, 2.75) is 52.0 Å². The Morgan fingerprint density at radius 2 is 1.82 bits per heavy atom. The Labute approximate surface area is 230 Å². The summed E-state index contributed by atoms with van der Waals surface area (Å²) in [5.41, 5.74) is 6.54. The molecule has 0 spiro atoms. The molecule has 1 aliphatic rings. The second-order valence-corrected chi connectivity index (χ2v) is 10.3. The van der Waals surface area contributed by atoms with Crippen LogP contribution in [0.25, 0.3) is 11.0 Å². The lowest BCUT2D eigenvalue weighted by atomic mass is 10.1. The van der Waals surface area contributed by atoms with Gasteiger partial charge in [-0.05, 0) is 74.1 Å². The van der Waals surface area contributed by atoms with Crippen molar-refractivity contribution in [3.63, 3.8) is 0 Å². The highest BCUT2D eigenvalue weighted by Gasteiger charge is 2.35. The summed E-state index contributed by atoms with van der Waals surface area (Å²) in [4.78, 5) is 20.2. The smallest absolute Gasteiger partial charge is 0.227 e. The van der Waals surface area contributed by atoms with E-state index in [1.807, 2.05) is 41.3 Å². The van der Waals surface area contributed by atoms with E-state index in [0.717, 1.165) is 76.5 Å². The lowest BCUT2D eigenvalue weighted by Gasteiger charge is -2.21. The second kappa shape index (κ2) is 11.8. The standard InChI is InChI=1S/C33H37N3O3/c1-5-11-25-16-17-29(30(20-25)38-4)39-19-9-8-18-35-28-15-7-6-14-27(28)34-33(35)26-21-31(37)36(22-26)32-23(2)12-10-13-24(32)3/h5-7,10,12-17,20,26H,1,8-9,11,18-19,21-22H2,2-4H3. The van der Waals surface area contributed by atoms with Gasteiger partial charge in [-0.3, -0.25) is 4.79 Å². The molecule has 5 rings (SSSR count). The zero-order valence-electron chi connectivity index (χ0n) is 23.2. The monoisotopic (exact) mass is 523 g/mol. The lowest BCUT2D eigenvalue weighted by Crippen LogP contribution is -2.26. The number of unbranched alkanes of at least 4 members (excludes halogenated alkanes) is 1. The molecule has 1 saturated heterocycles. The molecule has 3 aromatic carbocycles. The zero-order valence-corrected chi connectivity index (χ0v) is 23.2. The molecule has 0 saturated carbocycles. The van der Waals surface area contributed by atoms with Crippen LogP contribution in [0.4, 0.5) is 5.69 Å². The molecule has 1 amide bonds. The van der Waals surface area contributed by atoms with Crippen molar-refractivity contribution in [1.29, 1.82) is 0 Å². The number of ether oxygens (including phenoxy) is 2. The number of fused-ring (bicyclic) bond motifs is 1. The summed E-state index contributed by atoms with van der Waals surface area (Å²) in [5, 5.41) is 0. The number of methoxy groups -OCH3 is 1. The van der Waals surface area contributed by atoms with Gasteiger partial charge in [0.2, 0.25) is 5.91 Å². The molecule has 6 nitrogen and oxygen atoms in total. The van der Waals surface area contributed by atoms with Crippen LogP contribution in [-0.2, 0) is 17.8 Å². The van der Waals surface area contributed by atoms with E-state index in [-0.39, 0.29) is 11.8 Å². The number of aryl methyl sites for hydroxylation is 3. The number of carbonyl (C=O) groups is 1. The van der Waals surface area contributed by atoms with Crippen LogP contribution in [0.2, 0.25) is 0 Å². The number of rotatable bonds is 11. The molecule has 39 heavy (non-hydrogen) atoms. The first kappa shape index (κ1) is 26.5. The lowest BCUT2D eigenvalue weighted by molar-refractivity contribution is -0.117. The summed E-state index contributed by atoms with van der Waals surface area (Å²) < 4.78 is 13.9. The van der Waals surface area contributed by atoms with Crippen molar-refractivity contribution in [1.82, 2.24) is 9.55 Å². The largest absolute Gasteiger partial charge is 0.493 e. The fraction of sp³-hybridized carbons (Fsp3) is 0.333. The molecule has 1 atom stereocenters. The third kappa shape index (κ3) is 5.56. The average Bonchev–Trinajstić information content (AvgIpc) is 3.49. The number of hydrogen-bond acceptors (Lipinski definition) is 4. The van der Waals surface area contributed by atoms with Gasteiger partial charge in [0.15, 0.2) is 11.5 Å². The molecule has 0 aliphatic carbocycles. The number of para-hydroxylation sites is 3. The number of allylic oxidation sites excluding steroid dienone is 1. The predicted molar refractivity (Wildman–Crippen MR) is 157 cm³/mol. The molecular weight excluding hydrogens is 486 g/mol. The van der Waals surface area contributed by atoms with Gasteiger partial charge in [-0.2, -0.15) is 0 Å². The van der Waals surface area contributed by atoms with E-state index in [2.05, 4.69) is 55.3 Å². The molecule has 2 heterocycles. The number of imidazole rings is 1. The number of anilines is 1. The predicted octanol–water partition coefficient (Wildman–Crippen LogP) is 6.77. The van der Waals surface area contributed by atoms with Crippen LogP contribution in [0.1, 0.15) is 47.7 Å². The zero-order chi connectivity index (χ0) is 27.4. The summed E-state index contributed by atoms with van der Waals surface area (Å²) in [6.07, 6.45) is 4.98. The van der Waals surface area contributed by atoms with Crippen molar-refractivity contribution < 1.29 is 14.3 Å². The molecule has 1 aliphatic heterocycles. The van der Waals surface area contributed by atoms with Crippen LogP contribution in [0.3, 0.4) is 0 Å². The maximum atomic E-state index is 13.2. The van der Waals surface area contributed by atoms with Crippen LogP contribution in [0.15, 0.2) is 73.3 Å². The quantitative estimate of drug-likeness (QED) is 0.161. The summed E-state index contributed by atoms with van der Waals surface area (Å²) in [7, 11) is 1.67. The van der Waals surface area contributed by atoms with Crippen LogP contribution in [0, 0.1) is 13.8 Å².